The summed E-state index contributed by atoms with van der Waals surface area (Å²) in [5.41, 5.74) is 7.40. The number of amides is 1. The smallest absolute Gasteiger partial charge is 0.251 e. The molecule has 0 unspecified atom stereocenters. The molecule has 0 aliphatic rings. The number of hydrogen-bond acceptors (Lipinski definition) is 4. The van der Waals surface area contributed by atoms with E-state index in [1.54, 1.807) is 32.0 Å². The summed E-state index contributed by atoms with van der Waals surface area (Å²) in [7, 11) is -3.06. The van der Waals surface area contributed by atoms with Gasteiger partial charge >= 0.3 is 0 Å². The molecule has 0 saturated heterocycles. The van der Waals surface area contributed by atoms with Gasteiger partial charge in [0.1, 0.15) is 0 Å². The number of nitrogens with one attached hydrogen (secondary N) is 1. The van der Waals surface area contributed by atoms with E-state index in [2.05, 4.69) is 5.32 Å². The molecule has 19 heavy (non-hydrogen) atoms. The van der Waals surface area contributed by atoms with Gasteiger partial charge in [-0.2, -0.15) is 0 Å². The third kappa shape index (κ3) is 5.48. The lowest BCUT2D eigenvalue weighted by Crippen LogP contribution is -2.30. The summed E-state index contributed by atoms with van der Waals surface area (Å²) >= 11 is 0. The number of anilines is 1. The molecular formula is C12H19ClN2O3S. The molecule has 0 aliphatic heterocycles. The molecule has 5 nitrogen and oxygen atoms in total. The van der Waals surface area contributed by atoms with E-state index in [0.717, 1.165) is 5.56 Å². The lowest BCUT2D eigenvalue weighted by molar-refractivity contribution is 0.0955. The number of carbonyl (C=O) groups is 1. The van der Waals surface area contributed by atoms with Crippen LogP contribution in [0.15, 0.2) is 18.2 Å². The fraction of sp³-hybridized carbons (Fsp3) is 0.417. The van der Waals surface area contributed by atoms with E-state index in [-0.39, 0.29) is 36.4 Å². The number of rotatable bonds is 5. The second-order valence-corrected chi connectivity index (χ2v) is 6.54. The normalized spacial score (nSPS) is 10.6. The Morgan fingerprint density at radius 1 is 1.37 bits per heavy atom. The van der Waals surface area contributed by atoms with Crippen LogP contribution in [-0.2, 0) is 9.84 Å². The maximum Gasteiger partial charge on any atom is 0.251 e. The number of carbonyl (C=O) groups excluding carboxylic acids is 1. The van der Waals surface area contributed by atoms with Crippen LogP contribution < -0.4 is 11.1 Å². The number of aryl methyl sites for hydroxylation is 1. The summed E-state index contributed by atoms with van der Waals surface area (Å²) in [4.78, 5) is 11.8. The number of halogens is 1. The van der Waals surface area contributed by atoms with Crippen molar-refractivity contribution in [1.29, 1.82) is 0 Å². The van der Waals surface area contributed by atoms with Gasteiger partial charge in [0, 0.05) is 23.5 Å². The van der Waals surface area contributed by atoms with Gasteiger partial charge in [-0.25, -0.2) is 8.42 Å². The number of nitrogens with two attached hydrogens (primary N) is 1. The molecule has 0 fully saturated rings. The molecule has 0 heterocycles. The Morgan fingerprint density at radius 3 is 2.58 bits per heavy atom. The van der Waals surface area contributed by atoms with Gasteiger partial charge in [-0.1, -0.05) is 13.0 Å². The Morgan fingerprint density at radius 2 is 2.00 bits per heavy atom. The van der Waals surface area contributed by atoms with Crippen molar-refractivity contribution >= 4 is 33.8 Å². The molecule has 0 aliphatic carbocycles. The van der Waals surface area contributed by atoms with Gasteiger partial charge in [-0.15, -0.1) is 12.4 Å². The molecule has 1 amide bonds. The predicted octanol–water partition coefficient (Wildman–Crippen LogP) is 1.16. The Kier molecular flexibility index (Phi) is 6.86. The van der Waals surface area contributed by atoms with E-state index in [9.17, 15) is 13.2 Å². The molecular weight excluding hydrogens is 288 g/mol. The first-order valence-corrected chi connectivity index (χ1v) is 7.52. The molecule has 0 atom stereocenters. The Labute approximate surface area is 119 Å². The van der Waals surface area contributed by atoms with E-state index >= 15 is 0 Å². The first-order valence-electron chi connectivity index (χ1n) is 5.70. The van der Waals surface area contributed by atoms with E-state index in [4.69, 9.17) is 5.73 Å². The first-order chi connectivity index (χ1) is 8.35. The van der Waals surface area contributed by atoms with Crippen molar-refractivity contribution in [2.75, 3.05) is 23.8 Å². The van der Waals surface area contributed by atoms with Crippen LogP contribution in [0, 0.1) is 6.92 Å². The van der Waals surface area contributed by atoms with Crippen LogP contribution in [-0.4, -0.2) is 32.4 Å². The summed E-state index contributed by atoms with van der Waals surface area (Å²) in [5.74, 6) is -0.261. The molecule has 1 aromatic carbocycles. The Balaban J connectivity index is 0.00000324. The van der Waals surface area contributed by atoms with Gasteiger partial charge in [0.05, 0.1) is 5.75 Å². The minimum atomic E-state index is -3.06. The zero-order chi connectivity index (χ0) is 13.8. The lowest BCUT2D eigenvalue weighted by Gasteiger charge is -2.08. The molecule has 1 rings (SSSR count). The van der Waals surface area contributed by atoms with E-state index < -0.39 is 9.84 Å². The highest BCUT2D eigenvalue weighted by Crippen LogP contribution is 2.12. The van der Waals surface area contributed by atoms with Crippen LogP contribution in [0.4, 0.5) is 5.69 Å². The van der Waals surface area contributed by atoms with Crippen LogP contribution in [0.2, 0.25) is 0 Å². The predicted molar refractivity (Wildman–Crippen MR) is 79.5 cm³/mol. The Bertz CT molecular complexity index is 544. The monoisotopic (exact) mass is 306 g/mol. The average molecular weight is 307 g/mol. The number of hydrogen-bond donors (Lipinski definition) is 2. The zero-order valence-corrected chi connectivity index (χ0v) is 12.6. The summed E-state index contributed by atoms with van der Waals surface area (Å²) in [6, 6.07) is 5.06. The van der Waals surface area contributed by atoms with Gasteiger partial charge in [0.2, 0.25) is 0 Å². The largest absolute Gasteiger partial charge is 0.399 e. The fourth-order valence-corrected chi connectivity index (χ4v) is 2.15. The van der Waals surface area contributed by atoms with Crippen molar-refractivity contribution in [3.8, 4) is 0 Å². The van der Waals surface area contributed by atoms with Crippen molar-refractivity contribution in [3.05, 3.63) is 29.3 Å². The summed E-state index contributed by atoms with van der Waals surface area (Å²) in [5, 5.41) is 2.58. The third-order valence-electron chi connectivity index (χ3n) is 2.64. The highest BCUT2D eigenvalue weighted by molar-refractivity contribution is 7.91. The summed E-state index contributed by atoms with van der Waals surface area (Å²) in [6.45, 7) is 3.50. The summed E-state index contributed by atoms with van der Waals surface area (Å²) < 4.78 is 22.5. The fourth-order valence-electron chi connectivity index (χ4n) is 1.44. The van der Waals surface area contributed by atoms with E-state index in [1.807, 2.05) is 0 Å². The highest BCUT2D eigenvalue weighted by Gasteiger charge is 2.11. The second-order valence-electron chi connectivity index (χ2n) is 4.07. The molecule has 0 radical (unpaired) electrons. The number of benzene rings is 1. The van der Waals surface area contributed by atoms with E-state index in [0.29, 0.717) is 11.3 Å². The Hall–Kier alpha value is -1.27. The van der Waals surface area contributed by atoms with Crippen LogP contribution in [0.3, 0.4) is 0 Å². The lowest BCUT2D eigenvalue weighted by atomic mass is 10.1. The number of sulfone groups is 1. The average Bonchev–Trinajstić information content (AvgIpc) is 2.32. The van der Waals surface area contributed by atoms with Crippen molar-refractivity contribution in [1.82, 2.24) is 5.32 Å². The van der Waals surface area contributed by atoms with Crippen molar-refractivity contribution in [2.24, 2.45) is 0 Å². The van der Waals surface area contributed by atoms with E-state index in [1.165, 1.54) is 0 Å². The minimum absolute atomic E-state index is 0. The maximum absolute atomic E-state index is 11.8. The quantitative estimate of drug-likeness (QED) is 0.799. The van der Waals surface area contributed by atoms with Gasteiger partial charge in [-0.05, 0) is 24.6 Å². The van der Waals surface area contributed by atoms with Crippen molar-refractivity contribution in [3.63, 3.8) is 0 Å². The standard InChI is InChI=1S/C12H18N2O3S.ClH/c1-3-18(16,17)7-6-14-12(15)11-8-10(13)5-4-9(11)2;/h4-5,8H,3,6-7,13H2,1-2H3,(H,14,15);1H. The van der Waals surface area contributed by atoms with Gasteiger partial charge in [0.25, 0.3) is 5.91 Å². The molecule has 1 aromatic rings. The molecule has 3 N–H and O–H groups in total. The van der Waals surface area contributed by atoms with Crippen LogP contribution in [0.1, 0.15) is 22.8 Å². The topological polar surface area (TPSA) is 89.3 Å². The van der Waals surface area contributed by atoms with Crippen LogP contribution in [0.25, 0.3) is 0 Å². The van der Waals surface area contributed by atoms with Crippen LogP contribution >= 0.6 is 12.4 Å². The maximum atomic E-state index is 11.8. The van der Waals surface area contributed by atoms with Gasteiger partial charge in [-0.3, -0.25) is 4.79 Å². The first kappa shape index (κ1) is 17.7. The summed E-state index contributed by atoms with van der Waals surface area (Å²) in [6.07, 6.45) is 0. The SMILES string of the molecule is CCS(=O)(=O)CCNC(=O)c1cc(N)ccc1C.Cl. The van der Waals surface area contributed by atoms with Crippen molar-refractivity contribution in [2.45, 2.75) is 13.8 Å². The molecule has 0 spiro atoms. The second kappa shape index (κ2) is 7.35. The molecule has 0 bridgehead atoms. The molecule has 0 saturated carbocycles. The molecule has 108 valence electrons. The number of nitrogen functional groups attached to an aromatic ring is 1. The minimum Gasteiger partial charge on any atom is -0.399 e. The highest BCUT2D eigenvalue weighted by atomic mass is 35.5. The molecule has 7 heteroatoms. The van der Waals surface area contributed by atoms with Gasteiger partial charge in [0.15, 0.2) is 9.84 Å². The zero-order valence-electron chi connectivity index (χ0n) is 11.0. The van der Waals surface area contributed by atoms with Crippen molar-refractivity contribution < 1.29 is 13.2 Å². The van der Waals surface area contributed by atoms with Gasteiger partial charge < -0.3 is 11.1 Å². The molecule has 0 aromatic heterocycles. The third-order valence-corrected chi connectivity index (χ3v) is 4.35. The van der Waals surface area contributed by atoms with Crippen LogP contribution in [0.5, 0.6) is 0 Å².